The number of ether oxygens (including phenoxy) is 1. The van der Waals surface area contributed by atoms with E-state index in [2.05, 4.69) is 4.90 Å². The molecule has 3 aliphatic rings. The Morgan fingerprint density at radius 1 is 1.26 bits per heavy atom. The molecular weight excluding hydrogens is 458 g/mol. The number of fused-ring (bicyclic) bond motifs is 1. The molecule has 1 amide bonds. The van der Waals surface area contributed by atoms with Crippen LogP contribution in [-0.2, 0) is 14.3 Å². The minimum atomic E-state index is -0.684. The van der Waals surface area contributed by atoms with Crippen LogP contribution in [-0.4, -0.2) is 77.0 Å². The van der Waals surface area contributed by atoms with Gasteiger partial charge >= 0.3 is 5.97 Å². The van der Waals surface area contributed by atoms with Gasteiger partial charge in [0.1, 0.15) is 0 Å². The van der Waals surface area contributed by atoms with Crippen molar-refractivity contribution in [1.29, 1.82) is 0 Å². The average Bonchev–Trinajstić information content (AvgIpc) is 3.24. The first-order valence-corrected chi connectivity index (χ1v) is 12.0. The number of carbonyl (C=O) groups excluding carboxylic acids is 2. The number of carbonyl (C=O) groups is 2. The van der Waals surface area contributed by atoms with Gasteiger partial charge in [-0.3, -0.25) is 14.9 Å². The second kappa shape index (κ2) is 9.98. The Hall–Kier alpha value is -3.18. The normalized spacial score (nSPS) is 20.6. The number of nitrogens with zero attached hydrogens (tertiary/aromatic N) is 5. The Labute approximate surface area is 202 Å². The maximum atomic E-state index is 13.1. The lowest BCUT2D eigenvalue weighted by atomic mass is 9.92. The zero-order valence-corrected chi connectivity index (χ0v) is 20.2. The molecule has 0 aliphatic carbocycles. The first-order valence-electron chi connectivity index (χ1n) is 11.1. The lowest BCUT2D eigenvalue weighted by Gasteiger charge is -2.37. The van der Waals surface area contributed by atoms with Crippen LogP contribution < -0.4 is 0 Å². The first-order chi connectivity index (χ1) is 16.3. The van der Waals surface area contributed by atoms with E-state index in [0.717, 1.165) is 13.1 Å². The molecule has 10 nitrogen and oxygen atoms in total. The predicted molar refractivity (Wildman–Crippen MR) is 129 cm³/mol. The van der Waals surface area contributed by atoms with Crippen molar-refractivity contribution in [3.63, 3.8) is 0 Å². The number of amides is 1. The second-order valence-corrected chi connectivity index (χ2v) is 9.15. The number of benzene rings is 1. The van der Waals surface area contributed by atoms with Gasteiger partial charge in [-0.25, -0.2) is 9.79 Å². The Balaban J connectivity index is 1.72. The van der Waals surface area contributed by atoms with Crippen LogP contribution in [0.3, 0.4) is 0 Å². The summed E-state index contributed by atoms with van der Waals surface area (Å²) in [4.78, 5) is 47.6. The number of hydrogen-bond acceptors (Lipinski definition) is 9. The lowest BCUT2D eigenvalue weighted by molar-refractivity contribution is -0.384. The molecule has 11 heteroatoms. The van der Waals surface area contributed by atoms with Gasteiger partial charge in [-0.05, 0) is 24.4 Å². The van der Waals surface area contributed by atoms with E-state index in [1.165, 1.54) is 31.0 Å². The number of rotatable bonds is 6. The third-order valence-electron chi connectivity index (χ3n) is 6.21. The number of esters is 1. The summed E-state index contributed by atoms with van der Waals surface area (Å²) in [5.74, 6) is -0.540. The molecule has 1 unspecified atom stereocenters. The van der Waals surface area contributed by atoms with Crippen molar-refractivity contribution in [3.05, 3.63) is 62.3 Å². The monoisotopic (exact) mass is 485 g/mol. The number of allylic oxidation sites excluding steroid dienone is 1. The highest BCUT2D eigenvalue weighted by Gasteiger charge is 2.42. The molecule has 0 spiro atoms. The molecule has 1 aromatic rings. The zero-order chi connectivity index (χ0) is 24.4. The molecule has 34 heavy (non-hydrogen) atoms. The highest BCUT2D eigenvalue weighted by atomic mass is 32.2. The van der Waals surface area contributed by atoms with Crippen molar-refractivity contribution in [2.24, 2.45) is 4.99 Å². The number of non-ortho nitro benzene ring substituents is 1. The maximum absolute atomic E-state index is 13.1. The van der Waals surface area contributed by atoms with Crippen LogP contribution in [0.2, 0.25) is 0 Å². The van der Waals surface area contributed by atoms with Crippen molar-refractivity contribution >= 4 is 34.5 Å². The molecule has 0 bridgehead atoms. The van der Waals surface area contributed by atoms with Gasteiger partial charge in [0.25, 0.3) is 5.69 Å². The Kier molecular flexibility index (Phi) is 7.03. The van der Waals surface area contributed by atoms with Crippen LogP contribution in [0.15, 0.2) is 51.6 Å². The summed E-state index contributed by atoms with van der Waals surface area (Å²) in [6.07, 6.45) is 0.639. The molecule has 3 aliphatic heterocycles. The van der Waals surface area contributed by atoms with Crippen LogP contribution in [0.4, 0.5) is 5.69 Å². The van der Waals surface area contributed by atoms with Crippen molar-refractivity contribution in [2.45, 2.75) is 25.8 Å². The third kappa shape index (κ3) is 4.58. The van der Waals surface area contributed by atoms with Crippen LogP contribution in [0.1, 0.15) is 31.4 Å². The lowest BCUT2D eigenvalue weighted by Crippen LogP contribution is -2.47. The van der Waals surface area contributed by atoms with Gasteiger partial charge in [-0.1, -0.05) is 30.8 Å². The van der Waals surface area contributed by atoms with Gasteiger partial charge in [-0.15, -0.1) is 0 Å². The third-order valence-corrected chi connectivity index (χ3v) is 7.10. The van der Waals surface area contributed by atoms with E-state index in [9.17, 15) is 19.7 Å². The van der Waals surface area contributed by atoms with Crippen molar-refractivity contribution in [2.75, 3.05) is 40.3 Å². The van der Waals surface area contributed by atoms with Crippen LogP contribution >= 0.6 is 11.8 Å². The number of thioether (sulfide) groups is 1. The van der Waals surface area contributed by atoms with Gasteiger partial charge < -0.3 is 19.4 Å². The number of amidine groups is 1. The summed E-state index contributed by atoms with van der Waals surface area (Å²) in [5, 5.41) is 14.0. The first kappa shape index (κ1) is 24.0. The summed E-state index contributed by atoms with van der Waals surface area (Å²) in [6.45, 7) is 4.87. The number of nitro groups is 1. The molecule has 0 saturated carbocycles. The van der Waals surface area contributed by atoms with Crippen molar-refractivity contribution in [1.82, 2.24) is 14.7 Å². The summed E-state index contributed by atoms with van der Waals surface area (Å²) in [5.41, 5.74) is 2.10. The van der Waals surface area contributed by atoms with Crippen LogP contribution in [0.5, 0.6) is 0 Å². The van der Waals surface area contributed by atoms with E-state index in [1.807, 2.05) is 29.2 Å². The number of hydrogen-bond donors (Lipinski definition) is 0. The van der Waals surface area contributed by atoms with Gasteiger partial charge in [0.15, 0.2) is 5.17 Å². The number of nitro benzene ring substituents is 1. The minimum Gasteiger partial charge on any atom is -0.466 e. The summed E-state index contributed by atoms with van der Waals surface area (Å²) in [6, 6.07) is 5.54. The Morgan fingerprint density at radius 3 is 2.65 bits per heavy atom. The molecule has 0 radical (unpaired) electrons. The average molecular weight is 486 g/mol. The minimum absolute atomic E-state index is 0.00359. The predicted octanol–water partition coefficient (Wildman–Crippen LogP) is 2.90. The number of likely N-dealkylation sites (N-methyl/N-ethyl adjacent to an activating group) is 1. The molecule has 1 aromatic carbocycles. The molecule has 0 N–H and O–H groups in total. The van der Waals surface area contributed by atoms with Gasteiger partial charge in [0.2, 0.25) is 5.91 Å². The summed E-state index contributed by atoms with van der Waals surface area (Å²) >= 11 is 1.39. The molecule has 3 heterocycles. The Morgan fingerprint density at radius 2 is 2.00 bits per heavy atom. The van der Waals surface area contributed by atoms with Crippen molar-refractivity contribution < 1.29 is 19.2 Å². The largest absolute Gasteiger partial charge is 0.466 e. The molecule has 1 saturated heterocycles. The van der Waals surface area contributed by atoms with Gasteiger partial charge in [0, 0.05) is 44.0 Å². The van der Waals surface area contributed by atoms with Crippen LogP contribution in [0, 0.1) is 10.1 Å². The SMILES string of the molecule is CCC1=C(C(=O)OC)C(c2cccc([N+](=O)[O-])c2)N2C(CC(=O)N3CCN(C)CC3)=CSC2=N1. The van der Waals surface area contributed by atoms with E-state index in [1.54, 1.807) is 12.1 Å². The summed E-state index contributed by atoms with van der Waals surface area (Å²) < 4.78 is 5.09. The topological polar surface area (TPSA) is 109 Å². The quantitative estimate of drug-likeness (QED) is 0.344. The number of methoxy groups -OCH3 is 1. The highest BCUT2D eigenvalue weighted by molar-refractivity contribution is 8.16. The summed E-state index contributed by atoms with van der Waals surface area (Å²) in [7, 11) is 3.34. The highest BCUT2D eigenvalue weighted by Crippen LogP contribution is 2.46. The fourth-order valence-electron chi connectivity index (χ4n) is 4.36. The smallest absolute Gasteiger partial charge is 0.338 e. The molecular formula is C23H27N5O5S. The maximum Gasteiger partial charge on any atom is 0.338 e. The van der Waals surface area contributed by atoms with Gasteiger partial charge in [-0.2, -0.15) is 0 Å². The van der Waals surface area contributed by atoms with Crippen LogP contribution in [0.25, 0.3) is 0 Å². The molecule has 1 atom stereocenters. The molecule has 1 fully saturated rings. The van der Waals surface area contributed by atoms with E-state index in [0.29, 0.717) is 47.2 Å². The van der Waals surface area contributed by atoms with Gasteiger partial charge in [0.05, 0.1) is 35.8 Å². The van der Waals surface area contributed by atoms with E-state index in [-0.39, 0.29) is 18.0 Å². The molecule has 4 rings (SSSR count). The fraction of sp³-hybridized carbons (Fsp3) is 0.435. The van der Waals surface area contributed by atoms with E-state index in [4.69, 9.17) is 9.73 Å². The van der Waals surface area contributed by atoms with E-state index < -0.39 is 16.9 Å². The molecule has 0 aromatic heterocycles. The fourth-order valence-corrected chi connectivity index (χ4v) is 5.30. The Bertz CT molecular complexity index is 1110. The standard InChI is InChI=1S/C23H27N5O5S/c1-4-18-20(22(30)33-3)21(15-6-5-7-16(12-15)28(31)32)27-17(14-34-23(27)24-18)13-19(29)26-10-8-25(2)9-11-26/h5-7,12,14,21H,4,8-11,13H2,1-3H3. The number of aliphatic imine (C=N–C) groups is 1. The van der Waals surface area contributed by atoms with Crippen molar-refractivity contribution in [3.8, 4) is 0 Å². The van der Waals surface area contributed by atoms with E-state index >= 15 is 0 Å². The zero-order valence-electron chi connectivity index (χ0n) is 19.4. The second-order valence-electron chi connectivity index (χ2n) is 8.31. The number of piperazine rings is 1. The molecule has 180 valence electrons.